The summed E-state index contributed by atoms with van der Waals surface area (Å²) in [5.41, 5.74) is -4.77. The van der Waals surface area contributed by atoms with Gasteiger partial charge in [-0.15, -0.1) is 0 Å². The molecule has 0 heterocycles. The Morgan fingerprint density at radius 3 is 1.96 bits per heavy atom. The zero-order valence-corrected chi connectivity index (χ0v) is 15.1. The molecule has 6 atom stereocenters. The summed E-state index contributed by atoms with van der Waals surface area (Å²) in [5, 5.41) is 9.37. The van der Waals surface area contributed by atoms with Crippen LogP contribution in [0.2, 0.25) is 0 Å². The van der Waals surface area contributed by atoms with E-state index in [4.69, 9.17) is 4.74 Å². The van der Waals surface area contributed by atoms with E-state index in [9.17, 15) is 31.4 Å². The lowest BCUT2D eigenvalue weighted by Crippen LogP contribution is -2.60. The number of rotatable bonds is 3. The van der Waals surface area contributed by atoms with Gasteiger partial charge in [0.25, 0.3) is 5.60 Å². The molecule has 0 radical (unpaired) electrons. The Hall–Kier alpha value is -0.500. The maximum atomic E-state index is 12.9. The molecule has 4 aliphatic rings. The van der Waals surface area contributed by atoms with Gasteiger partial charge < -0.3 is 9.84 Å². The van der Waals surface area contributed by atoms with Crippen molar-refractivity contribution in [3.63, 3.8) is 0 Å². The quantitative estimate of drug-likeness (QED) is 0.721. The summed E-state index contributed by atoms with van der Waals surface area (Å²) in [5.74, 6) is 1.18. The maximum absolute atomic E-state index is 12.9. The fourth-order valence-electron chi connectivity index (χ4n) is 6.97. The van der Waals surface area contributed by atoms with E-state index < -0.39 is 30.7 Å². The van der Waals surface area contributed by atoms with Crippen LogP contribution >= 0.6 is 0 Å². The van der Waals surface area contributed by atoms with Gasteiger partial charge in [-0.05, 0) is 52.8 Å². The molecule has 6 unspecified atom stereocenters. The summed E-state index contributed by atoms with van der Waals surface area (Å²) >= 11 is 0. The SMILES string of the molecule is CC1(C)C2C3CC4(CC3OCC(O)(C(F)(F)F)C(F)(F)F)C(C21)C4(C)C. The molecule has 0 saturated heterocycles. The molecule has 26 heavy (non-hydrogen) atoms. The van der Waals surface area contributed by atoms with E-state index in [0.29, 0.717) is 18.3 Å². The smallest absolute Gasteiger partial charge is 0.374 e. The average molecular weight is 386 g/mol. The van der Waals surface area contributed by atoms with Crippen molar-refractivity contribution in [2.45, 2.75) is 64.6 Å². The highest BCUT2D eigenvalue weighted by Crippen LogP contribution is 2.91. The lowest BCUT2D eigenvalue weighted by Gasteiger charge is -2.33. The number of halogens is 6. The molecule has 0 aromatic heterocycles. The van der Waals surface area contributed by atoms with Crippen molar-refractivity contribution in [3.05, 3.63) is 0 Å². The van der Waals surface area contributed by atoms with Crippen LogP contribution in [0.4, 0.5) is 26.3 Å². The first-order valence-corrected chi connectivity index (χ1v) is 9.00. The van der Waals surface area contributed by atoms with Crippen LogP contribution in [0.5, 0.6) is 0 Å². The third-order valence-corrected chi connectivity index (χ3v) is 8.48. The summed E-state index contributed by atoms with van der Waals surface area (Å²) in [6.45, 7) is 6.76. The van der Waals surface area contributed by atoms with Crippen LogP contribution in [-0.2, 0) is 4.74 Å². The molecular formula is C18H24F6O2. The number of hydrogen-bond acceptors (Lipinski definition) is 2. The van der Waals surface area contributed by atoms with Crippen molar-refractivity contribution in [3.8, 4) is 0 Å². The lowest BCUT2D eigenvalue weighted by atomic mass is 9.87. The van der Waals surface area contributed by atoms with Crippen LogP contribution in [0.15, 0.2) is 0 Å². The van der Waals surface area contributed by atoms with E-state index in [2.05, 4.69) is 27.7 Å². The fourth-order valence-corrected chi connectivity index (χ4v) is 6.97. The molecule has 0 aromatic carbocycles. The molecule has 2 bridgehead atoms. The van der Waals surface area contributed by atoms with E-state index in [-0.39, 0.29) is 28.1 Å². The second-order valence-electron chi connectivity index (χ2n) is 10.0. The van der Waals surface area contributed by atoms with Gasteiger partial charge in [-0.1, -0.05) is 27.7 Å². The first-order chi connectivity index (χ1) is 11.5. The minimum Gasteiger partial charge on any atom is -0.374 e. The van der Waals surface area contributed by atoms with Crippen molar-refractivity contribution in [2.24, 2.45) is 39.9 Å². The molecular weight excluding hydrogens is 362 g/mol. The van der Waals surface area contributed by atoms with Gasteiger partial charge in [0.2, 0.25) is 0 Å². The molecule has 2 nitrogen and oxygen atoms in total. The van der Waals surface area contributed by atoms with Crippen LogP contribution in [0, 0.1) is 39.9 Å². The lowest BCUT2D eigenvalue weighted by molar-refractivity contribution is -0.380. The second kappa shape index (κ2) is 4.56. The molecule has 4 rings (SSSR count). The van der Waals surface area contributed by atoms with Gasteiger partial charge in [0.05, 0.1) is 12.7 Å². The summed E-state index contributed by atoms with van der Waals surface area (Å²) in [6, 6.07) is 0. The Morgan fingerprint density at radius 1 is 0.923 bits per heavy atom. The molecule has 0 aromatic rings. The maximum Gasteiger partial charge on any atom is 0.428 e. The second-order valence-corrected chi connectivity index (χ2v) is 10.0. The Balaban J connectivity index is 1.56. The molecule has 4 aliphatic carbocycles. The Bertz CT molecular complexity index is 623. The van der Waals surface area contributed by atoms with E-state index >= 15 is 0 Å². The predicted octanol–water partition coefficient (Wildman–Crippen LogP) is 4.57. The zero-order valence-electron chi connectivity index (χ0n) is 15.1. The summed E-state index contributed by atoms with van der Waals surface area (Å²) < 4.78 is 82.7. The van der Waals surface area contributed by atoms with Crippen LogP contribution in [0.1, 0.15) is 40.5 Å². The number of fused-ring (bicyclic) bond motifs is 4. The van der Waals surface area contributed by atoms with E-state index in [1.54, 1.807) is 0 Å². The van der Waals surface area contributed by atoms with Gasteiger partial charge in [0, 0.05) is 0 Å². The van der Waals surface area contributed by atoms with Crippen molar-refractivity contribution in [1.29, 1.82) is 0 Å². The number of aliphatic hydroxyl groups is 1. The highest BCUT2D eigenvalue weighted by atomic mass is 19.4. The van der Waals surface area contributed by atoms with Gasteiger partial charge in [0.1, 0.15) is 0 Å². The molecule has 0 amide bonds. The van der Waals surface area contributed by atoms with Crippen LogP contribution < -0.4 is 0 Å². The molecule has 4 fully saturated rings. The Labute approximate surface area is 148 Å². The molecule has 8 heteroatoms. The first-order valence-electron chi connectivity index (χ1n) is 9.00. The van der Waals surface area contributed by atoms with E-state index in [1.165, 1.54) is 0 Å². The minimum absolute atomic E-state index is 0.0289. The standard InChI is InChI=1S/C18H24F6O2/c1-13(2)10-8-5-15(12(11(10)13)14(15,3)4)6-9(8)26-7-16(25,17(19,20)21)18(22,23)24/h8-12,25H,5-7H2,1-4H3. The Kier molecular flexibility index (Phi) is 3.30. The van der Waals surface area contributed by atoms with Crippen molar-refractivity contribution in [2.75, 3.05) is 6.61 Å². The molecule has 1 spiro atoms. The first kappa shape index (κ1) is 18.8. The molecule has 4 saturated carbocycles. The number of hydrogen-bond donors (Lipinski definition) is 1. The van der Waals surface area contributed by atoms with Crippen molar-refractivity contribution < 1.29 is 36.2 Å². The van der Waals surface area contributed by atoms with Gasteiger partial charge in [0.15, 0.2) is 0 Å². The van der Waals surface area contributed by atoms with Gasteiger partial charge in [-0.2, -0.15) is 26.3 Å². The summed E-state index contributed by atoms with van der Waals surface area (Å²) in [4.78, 5) is 0. The van der Waals surface area contributed by atoms with Crippen LogP contribution in [0.3, 0.4) is 0 Å². The number of alkyl halides is 6. The molecule has 1 N–H and O–H groups in total. The molecule has 150 valence electrons. The zero-order chi connectivity index (χ0) is 19.7. The van der Waals surface area contributed by atoms with Crippen molar-refractivity contribution >= 4 is 0 Å². The van der Waals surface area contributed by atoms with Gasteiger partial charge in [-0.25, -0.2) is 0 Å². The van der Waals surface area contributed by atoms with Crippen molar-refractivity contribution in [1.82, 2.24) is 0 Å². The minimum atomic E-state index is -5.83. The molecule has 0 aliphatic heterocycles. The highest BCUT2D eigenvalue weighted by Gasteiger charge is 2.87. The monoisotopic (exact) mass is 386 g/mol. The predicted molar refractivity (Wildman–Crippen MR) is 80.0 cm³/mol. The van der Waals surface area contributed by atoms with Crippen LogP contribution in [0.25, 0.3) is 0 Å². The largest absolute Gasteiger partial charge is 0.428 e. The highest BCUT2D eigenvalue weighted by molar-refractivity contribution is 5.35. The van der Waals surface area contributed by atoms with Gasteiger partial charge >= 0.3 is 12.4 Å². The summed E-state index contributed by atoms with van der Waals surface area (Å²) in [6.07, 6.45) is -11.0. The van der Waals surface area contributed by atoms with E-state index in [0.717, 1.165) is 6.42 Å². The van der Waals surface area contributed by atoms with E-state index in [1.807, 2.05) is 0 Å². The number of ether oxygens (including phenoxy) is 1. The third-order valence-electron chi connectivity index (χ3n) is 8.48. The topological polar surface area (TPSA) is 29.5 Å². The van der Waals surface area contributed by atoms with Crippen LogP contribution in [-0.4, -0.2) is 35.8 Å². The Morgan fingerprint density at radius 2 is 1.46 bits per heavy atom. The summed E-state index contributed by atoms with van der Waals surface area (Å²) in [7, 11) is 0. The average Bonchev–Trinajstić information content (AvgIpc) is 3.09. The van der Waals surface area contributed by atoms with Gasteiger partial charge in [-0.3, -0.25) is 0 Å². The fraction of sp³-hybridized carbons (Fsp3) is 1.00. The third kappa shape index (κ3) is 1.93. The normalized spacial score (nSPS) is 45.1.